The predicted molar refractivity (Wildman–Crippen MR) is 107 cm³/mol. The van der Waals surface area contributed by atoms with Crippen LogP contribution in [-0.2, 0) is 21.2 Å². The summed E-state index contributed by atoms with van der Waals surface area (Å²) in [6.07, 6.45) is 2.97. The zero-order chi connectivity index (χ0) is 18.4. The van der Waals surface area contributed by atoms with Crippen LogP contribution in [0.4, 0.5) is 0 Å². The molecule has 1 aromatic rings. The van der Waals surface area contributed by atoms with Crippen molar-refractivity contribution in [1.29, 1.82) is 0 Å². The fourth-order valence-corrected chi connectivity index (χ4v) is 6.41. The smallest absolute Gasteiger partial charge is 0.243 e. The molecule has 0 N–H and O–H groups in total. The quantitative estimate of drug-likeness (QED) is 0.737. The second kappa shape index (κ2) is 9.55. The lowest BCUT2D eigenvalue weighted by atomic mass is 10.1. The van der Waals surface area contributed by atoms with Crippen LogP contribution in [0.3, 0.4) is 0 Å². The van der Waals surface area contributed by atoms with Gasteiger partial charge in [-0.3, -0.25) is 4.90 Å². The standard InChI is InChI=1S/C19H30N2O3S2/c1-2-4-17-5-7-19(8-6-17)26(22,23)21-9-3-14-25-16-18(21)15-20-10-12-24-13-11-20/h5-8,18H,2-4,9-16H2,1H3. The monoisotopic (exact) mass is 398 g/mol. The molecule has 7 heteroatoms. The van der Waals surface area contributed by atoms with Gasteiger partial charge < -0.3 is 4.74 Å². The van der Waals surface area contributed by atoms with Gasteiger partial charge in [0.25, 0.3) is 0 Å². The van der Waals surface area contributed by atoms with E-state index in [1.165, 1.54) is 5.56 Å². The SMILES string of the molecule is CCCc1ccc(S(=O)(=O)N2CCCSCC2CN2CCOCC2)cc1. The number of hydrogen-bond donors (Lipinski definition) is 0. The van der Waals surface area contributed by atoms with E-state index in [2.05, 4.69) is 11.8 Å². The van der Waals surface area contributed by atoms with E-state index in [1.54, 1.807) is 16.4 Å². The first-order chi connectivity index (χ1) is 12.6. The molecule has 1 unspecified atom stereocenters. The molecule has 0 aromatic heterocycles. The van der Waals surface area contributed by atoms with Gasteiger partial charge in [-0.05, 0) is 36.3 Å². The maximum Gasteiger partial charge on any atom is 0.243 e. The van der Waals surface area contributed by atoms with Crippen molar-refractivity contribution in [2.75, 3.05) is 50.9 Å². The highest BCUT2D eigenvalue weighted by atomic mass is 32.2. The topological polar surface area (TPSA) is 49.9 Å². The molecule has 1 atom stereocenters. The van der Waals surface area contributed by atoms with E-state index in [0.717, 1.165) is 63.6 Å². The van der Waals surface area contributed by atoms with Crippen molar-refractivity contribution in [3.05, 3.63) is 29.8 Å². The molecule has 2 saturated heterocycles. The first-order valence-corrected chi connectivity index (χ1v) is 12.2. The molecule has 3 rings (SSSR count). The zero-order valence-corrected chi connectivity index (χ0v) is 17.2. The summed E-state index contributed by atoms with van der Waals surface area (Å²) in [6.45, 7) is 6.80. The minimum atomic E-state index is -3.45. The molecule has 2 fully saturated rings. The molecular weight excluding hydrogens is 368 g/mol. The lowest BCUT2D eigenvalue weighted by molar-refractivity contribution is 0.0309. The fraction of sp³-hybridized carbons (Fsp3) is 0.684. The van der Waals surface area contributed by atoms with Crippen LogP contribution in [0.15, 0.2) is 29.2 Å². The maximum atomic E-state index is 13.3. The number of morpholine rings is 1. The van der Waals surface area contributed by atoms with Crippen molar-refractivity contribution in [3.63, 3.8) is 0 Å². The van der Waals surface area contributed by atoms with E-state index in [0.29, 0.717) is 11.4 Å². The minimum absolute atomic E-state index is 0.0286. The molecule has 0 spiro atoms. The number of nitrogens with zero attached hydrogens (tertiary/aromatic N) is 2. The van der Waals surface area contributed by atoms with Crippen LogP contribution >= 0.6 is 11.8 Å². The third-order valence-corrected chi connectivity index (χ3v) is 8.19. The molecule has 0 aliphatic carbocycles. The third-order valence-electron chi connectivity index (χ3n) is 5.03. The summed E-state index contributed by atoms with van der Waals surface area (Å²) in [4.78, 5) is 2.77. The number of sulfonamides is 1. The number of ether oxygens (including phenoxy) is 1. The molecule has 146 valence electrons. The highest BCUT2D eigenvalue weighted by molar-refractivity contribution is 7.99. The van der Waals surface area contributed by atoms with Gasteiger partial charge in [0.2, 0.25) is 10.0 Å². The molecule has 1 aromatic carbocycles. The first-order valence-electron chi connectivity index (χ1n) is 9.60. The molecule has 0 saturated carbocycles. The summed E-state index contributed by atoms with van der Waals surface area (Å²) in [6, 6.07) is 7.51. The molecular formula is C19H30N2O3S2. The highest BCUT2D eigenvalue weighted by Crippen LogP contribution is 2.25. The second-order valence-electron chi connectivity index (χ2n) is 7.00. The summed E-state index contributed by atoms with van der Waals surface area (Å²) in [7, 11) is -3.45. The summed E-state index contributed by atoms with van der Waals surface area (Å²) >= 11 is 1.87. The lowest BCUT2D eigenvalue weighted by Crippen LogP contribution is -2.50. The van der Waals surface area contributed by atoms with Crippen LogP contribution in [0, 0.1) is 0 Å². The Morgan fingerprint density at radius 1 is 1.15 bits per heavy atom. The Morgan fingerprint density at radius 2 is 1.88 bits per heavy atom. The molecule has 2 aliphatic heterocycles. The van der Waals surface area contributed by atoms with Crippen molar-refractivity contribution in [2.24, 2.45) is 0 Å². The molecule has 2 aliphatic rings. The number of hydrogen-bond acceptors (Lipinski definition) is 5. The third kappa shape index (κ3) is 5.01. The van der Waals surface area contributed by atoms with Gasteiger partial charge >= 0.3 is 0 Å². The van der Waals surface area contributed by atoms with Crippen molar-refractivity contribution in [2.45, 2.75) is 37.1 Å². The summed E-state index contributed by atoms with van der Waals surface area (Å²) in [5.74, 6) is 1.89. The van der Waals surface area contributed by atoms with Crippen LogP contribution < -0.4 is 0 Å². The average Bonchev–Trinajstić information content (AvgIpc) is 2.89. The lowest BCUT2D eigenvalue weighted by Gasteiger charge is -2.35. The van der Waals surface area contributed by atoms with Crippen molar-refractivity contribution in [1.82, 2.24) is 9.21 Å². The maximum absolute atomic E-state index is 13.3. The summed E-state index contributed by atoms with van der Waals surface area (Å²) in [5, 5.41) is 0. The van der Waals surface area contributed by atoms with Gasteiger partial charge in [-0.15, -0.1) is 0 Å². The summed E-state index contributed by atoms with van der Waals surface area (Å²) < 4.78 is 33.9. The van der Waals surface area contributed by atoms with Gasteiger partial charge in [0.05, 0.1) is 18.1 Å². The van der Waals surface area contributed by atoms with Gasteiger partial charge in [-0.25, -0.2) is 8.42 Å². The number of aryl methyl sites for hydroxylation is 1. The molecule has 0 radical (unpaired) electrons. The normalized spacial score (nSPS) is 23.7. The van der Waals surface area contributed by atoms with Crippen LogP contribution in [0.2, 0.25) is 0 Å². The van der Waals surface area contributed by atoms with Gasteiger partial charge in [0, 0.05) is 38.0 Å². The largest absolute Gasteiger partial charge is 0.379 e. The van der Waals surface area contributed by atoms with E-state index >= 15 is 0 Å². The Morgan fingerprint density at radius 3 is 2.58 bits per heavy atom. The van der Waals surface area contributed by atoms with Crippen molar-refractivity contribution in [3.8, 4) is 0 Å². The Kier molecular flexibility index (Phi) is 7.40. The van der Waals surface area contributed by atoms with Gasteiger partial charge in [-0.2, -0.15) is 16.1 Å². The Labute approximate surface area is 162 Å². The molecule has 5 nitrogen and oxygen atoms in total. The van der Waals surface area contributed by atoms with E-state index < -0.39 is 10.0 Å². The van der Waals surface area contributed by atoms with Gasteiger partial charge in [-0.1, -0.05) is 25.5 Å². The Balaban J connectivity index is 1.78. The second-order valence-corrected chi connectivity index (χ2v) is 10.0. The number of rotatable bonds is 6. The highest BCUT2D eigenvalue weighted by Gasteiger charge is 2.34. The van der Waals surface area contributed by atoms with E-state index in [1.807, 2.05) is 23.9 Å². The van der Waals surface area contributed by atoms with Crippen LogP contribution in [0.25, 0.3) is 0 Å². The number of thioether (sulfide) groups is 1. The van der Waals surface area contributed by atoms with Crippen LogP contribution in [-0.4, -0.2) is 74.6 Å². The predicted octanol–water partition coefficient (Wildman–Crippen LogP) is 2.47. The van der Waals surface area contributed by atoms with E-state index in [-0.39, 0.29) is 6.04 Å². The Bertz CT molecular complexity index is 658. The van der Waals surface area contributed by atoms with E-state index in [9.17, 15) is 8.42 Å². The number of benzene rings is 1. The van der Waals surface area contributed by atoms with E-state index in [4.69, 9.17) is 4.74 Å². The summed E-state index contributed by atoms with van der Waals surface area (Å²) in [5.41, 5.74) is 1.20. The van der Waals surface area contributed by atoms with Crippen LogP contribution in [0.5, 0.6) is 0 Å². The molecule has 0 amide bonds. The fourth-order valence-electron chi connectivity index (χ4n) is 3.60. The van der Waals surface area contributed by atoms with Crippen LogP contribution in [0.1, 0.15) is 25.3 Å². The molecule has 26 heavy (non-hydrogen) atoms. The zero-order valence-electron chi connectivity index (χ0n) is 15.6. The first kappa shape index (κ1) is 20.1. The molecule has 2 heterocycles. The Hall–Kier alpha value is -0.600. The van der Waals surface area contributed by atoms with Crippen molar-refractivity contribution < 1.29 is 13.2 Å². The minimum Gasteiger partial charge on any atom is -0.379 e. The van der Waals surface area contributed by atoms with Crippen molar-refractivity contribution >= 4 is 21.8 Å². The van der Waals surface area contributed by atoms with Gasteiger partial charge in [0.1, 0.15) is 0 Å². The van der Waals surface area contributed by atoms with Gasteiger partial charge in [0.15, 0.2) is 0 Å². The molecule has 0 bridgehead atoms. The average molecular weight is 399 g/mol.